The van der Waals surface area contributed by atoms with Crippen molar-refractivity contribution in [2.45, 2.75) is 57.3 Å². The van der Waals surface area contributed by atoms with Gasteiger partial charge < -0.3 is 0 Å². The monoisotopic (exact) mass is 273 g/mol. The van der Waals surface area contributed by atoms with E-state index in [0.29, 0.717) is 4.83 Å². The summed E-state index contributed by atoms with van der Waals surface area (Å²) in [5, 5.41) is 4.22. The fraction of sp³-hybridized carbons (Fsp3) is 0.818. The molecule has 0 bridgehead atoms. The van der Waals surface area contributed by atoms with E-state index in [-0.39, 0.29) is 0 Å². The van der Waals surface area contributed by atoms with Gasteiger partial charge in [0.1, 0.15) is 12.2 Å². The van der Waals surface area contributed by atoms with Crippen molar-refractivity contribution in [3.8, 4) is 0 Å². The highest BCUT2D eigenvalue weighted by Gasteiger charge is 2.05. The summed E-state index contributed by atoms with van der Waals surface area (Å²) in [6.07, 6.45) is 7.42. The van der Waals surface area contributed by atoms with Crippen LogP contribution in [-0.2, 0) is 13.0 Å². The van der Waals surface area contributed by atoms with Crippen molar-refractivity contribution >= 4 is 15.9 Å². The Labute approximate surface area is 100 Å². The maximum absolute atomic E-state index is 4.29. The summed E-state index contributed by atoms with van der Waals surface area (Å²) >= 11 is 3.65. The summed E-state index contributed by atoms with van der Waals surface area (Å²) in [7, 11) is 0. The molecule has 1 aromatic heterocycles. The molecule has 0 saturated carbocycles. The standard InChI is InChI=1S/C11H20BrN3/c1-3-8-15-11(13-9-14-15)7-5-6-10(12)4-2/h9-10H,3-8H2,1-2H3. The number of aromatic nitrogens is 3. The van der Waals surface area contributed by atoms with Crippen molar-refractivity contribution in [2.24, 2.45) is 0 Å². The molecule has 0 amide bonds. The molecule has 15 heavy (non-hydrogen) atoms. The van der Waals surface area contributed by atoms with Crippen molar-refractivity contribution in [1.82, 2.24) is 14.8 Å². The summed E-state index contributed by atoms with van der Waals surface area (Å²) < 4.78 is 2.02. The molecule has 1 aromatic rings. The van der Waals surface area contributed by atoms with Crippen LogP contribution in [0.3, 0.4) is 0 Å². The maximum Gasteiger partial charge on any atom is 0.138 e. The van der Waals surface area contributed by atoms with Gasteiger partial charge in [-0.1, -0.05) is 29.8 Å². The Morgan fingerprint density at radius 2 is 2.27 bits per heavy atom. The van der Waals surface area contributed by atoms with Gasteiger partial charge in [-0.05, 0) is 25.7 Å². The number of nitrogens with zero attached hydrogens (tertiary/aromatic N) is 3. The lowest BCUT2D eigenvalue weighted by Gasteiger charge is -2.07. The van der Waals surface area contributed by atoms with Gasteiger partial charge in [-0.3, -0.25) is 4.68 Å². The molecule has 0 saturated heterocycles. The summed E-state index contributed by atoms with van der Waals surface area (Å²) in [6, 6.07) is 0. The average molecular weight is 274 g/mol. The second kappa shape index (κ2) is 6.99. The van der Waals surface area contributed by atoms with Crippen molar-refractivity contribution in [1.29, 1.82) is 0 Å². The molecule has 0 aliphatic heterocycles. The third kappa shape index (κ3) is 4.33. The van der Waals surface area contributed by atoms with Gasteiger partial charge in [0.05, 0.1) is 0 Å². The minimum absolute atomic E-state index is 0.653. The minimum atomic E-state index is 0.653. The Balaban J connectivity index is 2.33. The van der Waals surface area contributed by atoms with E-state index in [2.05, 4.69) is 39.9 Å². The lowest BCUT2D eigenvalue weighted by atomic mass is 10.1. The Kier molecular flexibility index (Phi) is 5.91. The quantitative estimate of drug-likeness (QED) is 0.715. The second-order valence-electron chi connectivity index (χ2n) is 3.80. The van der Waals surface area contributed by atoms with Crippen LogP contribution >= 0.6 is 15.9 Å². The summed E-state index contributed by atoms with van der Waals surface area (Å²) in [5.41, 5.74) is 0. The molecule has 0 fully saturated rings. The maximum atomic E-state index is 4.29. The zero-order chi connectivity index (χ0) is 11.1. The number of hydrogen-bond acceptors (Lipinski definition) is 2. The van der Waals surface area contributed by atoms with Crippen LogP contribution in [0.15, 0.2) is 6.33 Å². The first kappa shape index (κ1) is 12.7. The Morgan fingerprint density at radius 3 is 2.93 bits per heavy atom. The topological polar surface area (TPSA) is 30.7 Å². The lowest BCUT2D eigenvalue weighted by Crippen LogP contribution is -2.06. The van der Waals surface area contributed by atoms with Crippen LogP contribution < -0.4 is 0 Å². The largest absolute Gasteiger partial charge is 0.250 e. The summed E-state index contributed by atoms with van der Waals surface area (Å²) in [5.74, 6) is 1.13. The molecule has 3 nitrogen and oxygen atoms in total. The fourth-order valence-corrected chi connectivity index (χ4v) is 1.89. The van der Waals surface area contributed by atoms with Gasteiger partial charge in [0.25, 0.3) is 0 Å². The SMILES string of the molecule is CCCn1ncnc1CCCC(Br)CC. The first-order chi connectivity index (χ1) is 7.27. The van der Waals surface area contributed by atoms with Crippen LogP contribution in [0, 0.1) is 0 Å². The van der Waals surface area contributed by atoms with E-state index in [4.69, 9.17) is 0 Å². The van der Waals surface area contributed by atoms with Crippen LogP contribution in [0.2, 0.25) is 0 Å². The molecule has 0 aliphatic carbocycles. The summed E-state index contributed by atoms with van der Waals surface area (Å²) in [4.78, 5) is 4.95. The van der Waals surface area contributed by atoms with Gasteiger partial charge in [0.15, 0.2) is 0 Å². The van der Waals surface area contributed by atoms with Gasteiger partial charge in [0, 0.05) is 17.8 Å². The van der Waals surface area contributed by atoms with Crippen LogP contribution in [-0.4, -0.2) is 19.6 Å². The molecular formula is C11H20BrN3. The smallest absolute Gasteiger partial charge is 0.138 e. The molecule has 1 unspecified atom stereocenters. The van der Waals surface area contributed by atoms with Gasteiger partial charge in [-0.2, -0.15) is 5.10 Å². The predicted octanol–water partition coefficient (Wildman–Crippen LogP) is 3.18. The Morgan fingerprint density at radius 1 is 1.47 bits per heavy atom. The first-order valence-electron chi connectivity index (χ1n) is 5.78. The third-order valence-electron chi connectivity index (χ3n) is 2.49. The highest BCUT2D eigenvalue weighted by atomic mass is 79.9. The van der Waals surface area contributed by atoms with Crippen molar-refractivity contribution in [2.75, 3.05) is 0 Å². The lowest BCUT2D eigenvalue weighted by molar-refractivity contribution is 0.554. The highest BCUT2D eigenvalue weighted by Crippen LogP contribution is 2.13. The van der Waals surface area contributed by atoms with E-state index in [9.17, 15) is 0 Å². The van der Waals surface area contributed by atoms with E-state index in [1.807, 2.05) is 4.68 Å². The molecule has 1 atom stereocenters. The molecule has 1 rings (SSSR count). The summed E-state index contributed by atoms with van der Waals surface area (Å²) in [6.45, 7) is 5.36. The normalized spacial score (nSPS) is 13.0. The van der Waals surface area contributed by atoms with E-state index in [1.165, 1.54) is 19.3 Å². The number of aryl methyl sites for hydroxylation is 2. The van der Waals surface area contributed by atoms with Gasteiger partial charge in [0.2, 0.25) is 0 Å². The number of halogens is 1. The Bertz CT molecular complexity index is 273. The number of rotatable bonds is 7. The minimum Gasteiger partial charge on any atom is -0.250 e. The van der Waals surface area contributed by atoms with E-state index >= 15 is 0 Å². The third-order valence-corrected chi connectivity index (χ3v) is 3.60. The van der Waals surface area contributed by atoms with Crippen LogP contribution in [0.25, 0.3) is 0 Å². The molecule has 4 heteroatoms. The second-order valence-corrected chi connectivity index (χ2v) is 5.09. The first-order valence-corrected chi connectivity index (χ1v) is 6.70. The molecule has 0 radical (unpaired) electrons. The molecule has 0 spiro atoms. The van der Waals surface area contributed by atoms with E-state index in [0.717, 1.165) is 25.2 Å². The fourth-order valence-electron chi connectivity index (χ4n) is 1.57. The molecule has 1 heterocycles. The Hall–Kier alpha value is -0.380. The van der Waals surface area contributed by atoms with Crippen molar-refractivity contribution in [3.63, 3.8) is 0 Å². The predicted molar refractivity (Wildman–Crippen MR) is 66.3 cm³/mol. The average Bonchev–Trinajstić information content (AvgIpc) is 2.66. The van der Waals surface area contributed by atoms with Crippen LogP contribution in [0.4, 0.5) is 0 Å². The van der Waals surface area contributed by atoms with Gasteiger partial charge in [-0.25, -0.2) is 4.98 Å². The molecule has 0 N–H and O–H groups in total. The van der Waals surface area contributed by atoms with E-state index in [1.54, 1.807) is 6.33 Å². The van der Waals surface area contributed by atoms with Crippen molar-refractivity contribution < 1.29 is 0 Å². The number of alkyl halides is 1. The molecule has 0 aromatic carbocycles. The van der Waals surface area contributed by atoms with E-state index < -0.39 is 0 Å². The molecular weight excluding hydrogens is 254 g/mol. The van der Waals surface area contributed by atoms with Crippen molar-refractivity contribution in [3.05, 3.63) is 12.2 Å². The zero-order valence-electron chi connectivity index (χ0n) is 9.62. The van der Waals surface area contributed by atoms with Crippen LogP contribution in [0.5, 0.6) is 0 Å². The molecule has 0 aliphatic rings. The van der Waals surface area contributed by atoms with Gasteiger partial charge in [-0.15, -0.1) is 0 Å². The number of hydrogen-bond donors (Lipinski definition) is 0. The highest BCUT2D eigenvalue weighted by molar-refractivity contribution is 9.09. The zero-order valence-corrected chi connectivity index (χ0v) is 11.2. The molecule has 86 valence electrons. The van der Waals surface area contributed by atoms with Gasteiger partial charge >= 0.3 is 0 Å². The van der Waals surface area contributed by atoms with Crippen LogP contribution in [0.1, 0.15) is 45.4 Å².